The SMILES string of the molecule is COCC(=O)N1CCC2(CC1)OCCc1cc(C(=O)NC3(C)CCC3)sc12. The highest BCUT2D eigenvalue weighted by molar-refractivity contribution is 7.14. The van der Waals surface area contributed by atoms with Crippen LogP contribution < -0.4 is 5.32 Å². The molecule has 1 aromatic rings. The van der Waals surface area contributed by atoms with Crippen LogP contribution in [0.3, 0.4) is 0 Å². The van der Waals surface area contributed by atoms with Gasteiger partial charge < -0.3 is 19.7 Å². The topological polar surface area (TPSA) is 67.9 Å². The molecule has 2 aliphatic heterocycles. The molecule has 0 unspecified atom stereocenters. The van der Waals surface area contributed by atoms with Gasteiger partial charge in [-0.1, -0.05) is 0 Å². The van der Waals surface area contributed by atoms with Crippen molar-refractivity contribution in [3.63, 3.8) is 0 Å². The van der Waals surface area contributed by atoms with Crippen LogP contribution in [-0.4, -0.2) is 55.7 Å². The van der Waals surface area contributed by atoms with Crippen molar-refractivity contribution in [2.75, 3.05) is 33.4 Å². The number of ether oxygens (including phenoxy) is 2. The second-order valence-corrected chi connectivity index (χ2v) is 9.29. The van der Waals surface area contributed by atoms with Crippen LogP contribution in [0.2, 0.25) is 0 Å². The summed E-state index contributed by atoms with van der Waals surface area (Å²) in [4.78, 5) is 28.7. The van der Waals surface area contributed by atoms with Gasteiger partial charge in [-0.15, -0.1) is 11.3 Å². The zero-order valence-electron chi connectivity index (χ0n) is 16.1. The van der Waals surface area contributed by atoms with E-state index in [2.05, 4.69) is 18.3 Å². The van der Waals surface area contributed by atoms with E-state index < -0.39 is 0 Å². The Morgan fingerprint density at radius 2 is 2.04 bits per heavy atom. The minimum atomic E-state index is -0.346. The van der Waals surface area contributed by atoms with Crippen molar-refractivity contribution in [3.8, 4) is 0 Å². The second-order valence-electron chi connectivity index (χ2n) is 8.24. The predicted octanol–water partition coefficient (Wildman–Crippen LogP) is 2.46. The van der Waals surface area contributed by atoms with Crippen LogP contribution in [0.5, 0.6) is 0 Å². The van der Waals surface area contributed by atoms with Gasteiger partial charge in [0.2, 0.25) is 5.91 Å². The van der Waals surface area contributed by atoms with E-state index in [1.54, 1.807) is 18.4 Å². The molecule has 0 bridgehead atoms. The zero-order valence-corrected chi connectivity index (χ0v) is 17.0. The molecule has 1 N–H and O–H groups in total. The molecule has 27 heavy (non-hydrogen) atoms. The van der Waals surface area contributed by atoms with Gasteiger partial charge in [0, 0.05) is 30.6 Å². The van der Waals surface area contributed by atoms with Crippen molar-refractivity contribution < 1.29 is 19.1 Å². The molecule has 4 rings (SSSR count). The number of fused-ring (bicyclic) bond motifs is 2. The minimum Gasteiger partial charge on any atom is -0.375 e. The lowest BCUT2D eigenvalue weighted by Gasteiger charge is -2.43. The lowest BCUT2D eigenvalue weighted by molar-refractivity contribution is -0.143. The largest absolute Gasteiger partial charge is 0.375 e. The number of amides is 2. The maximum Gasteiger partial charge on any atom is 0.261 e. The van der Waals surface area contributed by atoms with Crippen LogP contribution in [0.4, 0.5) is 0 Å². The lowest BCUT2D eigenvalue weighted by Crippen LogP contribution is -2.50. The molecular formula is C20H28N2O4S. The van der Waals surface area contributed by atoms with Crippen molar-refractivity contribution >= 4 is 23.2 Å². The molecule has 2 amide bonds. The fourth-order valence-corrected chi connectivity index (χ4v) is 5.71. The Balaban J connectivity index is 1.50. The molecule has 2 fully saturated rings. The minimum absolute atomic E-state index is 0.0309. The van der Waals surface area contributed by atoms with E-state index in [1.165, 1.54) is 16.9 Å². The monoisotopic (exact) mass is 392 g/mol. The van der Waals surface area contributed by atoms with Gasteiger partial charge in [-0.3, -0.25) is 9.59 Å². The average molecular weight is 393 g/mol. The van der Waals surface area contributed by atoms with E-state index in [1.807, 2.05) is 4.90 Å². The summed E-state index contributed by atoms with van der Waals surface area (Å²) in [5, 5.41) is 3.21. The summed E-state index contributed by atoms with van der Waals surface area (Å²) in [6, 6.07) is 2.06. The molecule has 6 nitrogen and oxygen atoms in total. The number of carbonyl (C=O) groups excluding carboxylic acids is 2. The number of thiophene rings is 1. The Bertz CT molecular complexity index is 732. The van der Waals surface area contributed by atoms with Gasteiger partial charge >= 0.3 is 0 Å². The summed E-state index contributed by atoms with van der Waals surface area (Å²) in [5.41, 5.74) is 0.857. The van der Waals surface area contributed by atoms with E-state index in [0.717, 1.165) is 37.0 Å². The Morgan fingerprint density at radius 3 is 2.67 bits per heavy atom. The maximum atomic E-state index is 12.7. The van der Waals surface area contributed by atoms with Crippen molar-refractivity contribution in [1.29, 1.82) is 0 Å². The number of hydrogen-bond donors (Lipinski definition) is 1. The standard InChI is InChI=1S/C20H28N2O4S/c1-19(5-3-6-19)21-18(24)15-12-14-4-11-26-20(17(14)27-15)7-9-22(10-8-20)16(23)13-25-2/h12H,3-11,13H2,1-2H3,(H,21,24). The number of rotatable bonds is 4. The molecule has 7 heteroatoms. The first kappa shape index (κ1) is 18.9. The highest BCUT2D eigenvalue weighted by atomic mass is 32.1. The lowest BCUT2D eigenvalue weighted by atomic mass is 9.78. The highest BCUT2D eigenvalue weighted by Crippen LogP contribution is 2.45. The van der Waals surface area contributed by atoms with E-state index in [4.69, 9.17) is 9.47 Å². The van der Waals surface area contributed by atoms with Gasteiger partial charge in [-0.05, 0) is 57.1 Å². The summed E-state index contributed by atoms with van der Waals surface area (Å²) in [6.07, 6.45) is 5.70. The molecule has 1 aromatic heterocycles. The van der Waals surface area contributed by atoms with Crippen LogP contribution in [0.1, 0.15) is 59.1 Å². The van der Waals surface area contributed by atoms with Crippen LogP contribution in [0, 0.1) is 0 Å². The molecule has 148 valence electrons. The van der Waals surface area contributed by atoms with E-state index in [0.29, 0.717) is 19.7 Å². The summed E-state index contributed by atoms with van der Waals surface area (Å²) in [6.45, 7) is 4.26. The van der Waals surface area contributed by atoms with Gasteiger partial charge in [0.05, 0.1) is 11.5 Å². The number of carbonyl (C=O) groups is 2. The number of nitrogens with zero attached hydrogens (tertiary/aromatic N) is 1. The molecule has 1 saturated carbocycles. The third-order valence-electron chi connectivity index (χ3n) is 6.26. The molecule has 1 saturated heterocycles. The third kappa shape index (κ3) is 3.52. The van der Waals surface area contributed by atoms with Crippen LogP contribution in [0.25, 0.3) is 0 Å². The summed E-state index contributed by atoms with van der Waals surface area (Å²) >= 11 is 1.58. The Hall–Kier alpha value is -1.44. The van der Waals surface area contributed by atoms with Crippen LogP contribution >= 0.6 is 11.3 Å². The molecule has 1 aliphatic carbocycles. The molecule has 0 atom stereocenters. The summed E-state index contributed by atoms with van der Waals surface area (Å²) < 4.78 is 11.2. The zero-order chi connectivity index (χ0) is 19.1. The first-order valence-electron chi connectivity index (χ1n) is 9.81. The van der Waals surface area contributed by atoms with Gasteiger partial charge in [0.25, 0.3) is 5.91 Å². The Kier molecular flexibility index (Phi) is 5.03. The van der Waals surface area contributed by atoms with Gasteiger partial charge in [0.1, 0.15) is 12.2 Å². The number of nitrogens with one attached hydrogen (secondary N) is 1. The molecular weight excluding hydrogens is 364 g/mol. The average Bonchev–Trinajstić information content (AvgIpc) is 3.07. The molecule has 0 radical (unpaired) electrons. The number of piperidine rings is 1. The third-order valence-corrected chi connectivity index (χ3v) is 7.62. The number of likely N-dealkylation sites (tertiary alicyclic amines) is 1. The van der Waals surface area contributed by atoms with E-state index in [9.17, 15) is 9.59 Å². The number of methoxy groups -OCH3 is 1. The van der Waals surface area contributed by atoms with Crippen LogP contribution in [0.15, 0.2) is 6.07 Å². The second kappa shape index (κ2) is 7.18. The van der Waals surface area contributed by atoms with Crippen molar-refractivity contribution in [2.45, 2.75) is 56.6 Å². The van der Waals surface area contributed by atoms with Crippen molar-refractivity contribution in [3.05, 3.63) is 21.4 Å². The number of hydrogen-bond acceptors (Lipinski definition) is 5. The quantitative estimate of drug-likeness (QED) is 0.855. The summed E-state index contributed by atoms with van der Waals surface area (Å²) in [7, 11) is 1.54. The first-order valence-corrected chi connectivity index (χ1v) is 10.6. The first-order chi connectivity index (χ1) is 12.9. The van der Waals surface area contributed by atoms with Gasteiger partial charge in [0.15, 0.2) is 0 Å². The highest BCUT2D eigenvalue weighted by Gasteiger charge is 2.44. The van der Waals surface area contributed by atoms with E-state index >= 15 is 0 Å². The van der Waals surface area contributed by atoms with Gasteiger partial charge in [-0.2, -0.15) is 0 Å². The molecule has 1 spiro atoms. The normalized spacial score (nSPS) is 22.8. The van der Waals surface area contributed by atoms with Crippen LogP contribution in [-0.2, 0) is 26.3 Å². The Morgan fingerprint density at radius 1 is 1.30 bits per heavy atom. The maximum absolute atomic E-state index is 12.7. The molecule has 3 aliphatic rings. The molecule has 3 heterocycles. The van der Waals surface area contributed by atoms with Crippen molar-refractivity contribution in [2.24, 2.45) is 0 Å². The Labute approximate surface area is 164 Å². The fraction of sp³-hybridized carbons (Fsp3) is 0.700. The molecule has 0 aromatic carbocycles. The van der Waals surface area contributed by atoms with Gasteiger partial charge in [-0.25, -0.2) is 0 Å². The fourth-order valence-electron chi connectivity index (χ4n) is 4.41. The smallest absolute Gasteiger partial charge is 0.261 e. The van der Waals surface area contributed by atoms with E-state index in [-0.39, 0.29) is 29.6 Å². The summed E-state index contributed by atoms with van der Waals surface area (Å²) in [5.74, 6) is 0.0721. The van der Waals surface area contributed by atoms with Crippen molar-refractivity contribution in [1.82, 2.24) is 10.2 Å². The predicted molar refractivity (Wildman–Crippen MR) is 103 cm³/mol.